The Bertz CT molecular complexity index is 1060. The Morgan fingerprint density at radius 2 is 1.75 bits per heavy atom. The molecule has 0 aliphatic carbocycles. The lowest BCUT2D eigenvalue weighted by molar-refractivity contribution is -0.384. The molecule has 3 aromatic carbocycles. The number of rotatable bonds is 6. The van der Waals surface area contributed by atoms with Crippen molar-refractivity contribution in [3.8, 4) is 11.8 Å². The molecule has 0 aliphatic heterocycles. The molecule has 5 nitrogen and oxygen atoms in total. The van der Waals surface area contributed by atoms with E-state index in [-0.39, 0.29) is 5.69 Å². The van der Waals surface area contributed by atoms with E-state index < -0.39 is 4.92 Å². The van der Waals surface area contributed by atoms with Crippen LogP contribution in [0.4, 0.5) is 5.69 Å². The molecule has 0 unspecified atom stereocenters. The van der Waals surface area contributed by atoms with E-state index in [0.717, 1.165) is 16.7 Å². The van der Waals surface area contributed by atoms with Gasteiger partial charge in [0.15, 0.2) is 0 Å². The van der Waals surface area contributed by atoms with Crippen molar-refractivity contribution >= 4 is 17.3 Å². The maximum absolute atomic E-state index is 10.8. The zero-order valence-corrected chi connectivity index (χ0v) is 15.3. The highest BCUT2D eigenvalue weighted by Gasteiger charge is 2.09. The highest BCUT2D eigenvalue weighted by molar-refractivity contribution is 5.90. The fraction of sp³-hybridized carbons (Fsp3) is 0.0870. The summed E-state index contributed by atoms with van der Waals surface area (Å²) < 4.78 is 5.99. The number of para-hydroxylation sites is 1. The van der Waals surface area contributed by atoms with Gasteiger partial charge in [-0.05, 0) is 47.9 Å². The number of nitro benzene ring substituents is 1. The van der Waals surface area contributed by atoms with Gasteiger partial charge in [-0.3, -0.25) is 10.1 Å². The number of benzene rings is 3. The lowest BCUT2D eigenvalue weighted by Gasteiger charge is -2.11. The molecule has 0 bridgehead atoms. The molecule has 0 atom stereocenters. The maximum Gasteiger partial charge on any atom is 0.269 e. The number of nitriles is 1. The van der Waals surface area contributed by atoms with E-state index in [1.165, 1.54) is 12.1 Å². The summed E-state index contributed by atoms with van der Waals surface area (Å²) in [6.07, 6.45) is 1.73. The van der Waals surface area contributed by atoms with E-state index in [0.29, 0.717) is 23.5 Å². The zero-order valence-electron chi connectivity index (χ0n) is 15.3. The van der Waals surface area contributed by atoms with Crippen LogP contribution in [-0.2, 0) is 6.61 Å². The van der Waals surface area contributed by atoms with Crippen molar-refractivity contribution in [2.45, 2.75) is 13.5 Å². The molecule has 5 heteroatoms. The molecule has 0 N–H and O–H groups in total. The maximum atomic E-state index is 10.8. The first-order valence-corrected chi connectivity index (χ1v) is 8.71. The standard InChI is InChI=1S/C23H18N2O3/c1-17-6-2-3-8-20(17)16-28-23-9-5-4-7-19(23)14-21(15-24)18-10-12-22(13-11-18)25(26)27/h2-14H,16H2,1H3/b21-14+. The Labute approximate surface area is 163 Å². The van der Waals surface area contributed by atoms with Gasteiger partial charge in [-0.2, -0.15) is 5.26 Å². The van der Waals surface area contributed by atoms with Gasteiger partial charge in [0.05, 0.1) is 16.6 Å². The molecule has 0 saturated heterocycles. The van der Waals surface area contributed by atoms with Gasteiger partial charge in [0.1, 0.15) is 12.4 Å². The Balaban J connectivity index is 1.87. The summed E-state index contributed by atoms with van der Waals surface area (Å²) in [5.41, 5.74) is 4.02. The molecule has 0 fully saturated rings. The SMILES string of the molecule is Cc1ccccc1COc1ccccc1/C=C(\C#N)c1ccc([N+](=O)[O-])cc1. The van der Waals surface area contributed by atoms with Crippen molar-refractivity contribution < 1.29 is 9.66 Å². The highest BCUT2D eigenvalue weighted by atomic mass is 16.6. The third kappa shape index (κ3) is 4.43. The summed E-state index contributed by atoms with van der Waals surface area (Å²) in [6.45, 7) is 2.46. The summed E-state index contributed by atoms with van der Waals surface area (Å²) in [7, 11) is 0. The van der Waals surface area contributed by atoms with Crippen LogP contribution >= 0.6 is 0 Å². The van der Waals surface area contributed by atoms with Crippen molar-refractivity contribution in [2.24, 2.45) is 0 Å². The van der Waals surface area contributed by atoms with Gasteiger partial charge in [0.25, 0.3) is 5.69 Å². The van der Waals surface area contributed by atoms with Gasteiger partial charge in [0.2, 0.25) is 0 Å². The van der Waals surface area contributed by atoms with Crippen molar-refractivity contribution in [3.63, 3.8) is 0 Å². The number of hydrogen-bond acceptors (Lipinski definition) is 4. The number of hydrogen-bond donors (Lipinski definition) is 0. The number of allylic oxidation sites excluding steroid dienone is 1. The van der Waals surface area contributed by atoms with Gasteiger partial charge in [0, 0.05) is 17.7 Å². The van der Waals surface area contributed by atoms with Crippen molar-refractivity contribution in [3.05, 3.63) is 105 Å². The van der Waals surface area contributed by atoms with Gasteiger partial charge in [-0.25, -0.2) is 0 Å². The summed E-state index contributed by atoms with van der Waals surface area (Å²) >= 11 is 0. The van der Waals surface area contributed by atoms with Crippen LogP contribution in [0.15, 0.2) is 72.8 Å². The minimum Gasteiger partial charge on any atom is -0.488 e. The van der Waals surface area contributed by atoms with E-state index in [1.54, 1.807) is 18.2 Å². The predicted molar refractivity (Wildman–Crippen MR) is 109 cm³/mol. The smallest absolute Gasteiger partial charge is 0.269 e. The first-order valence-electron chi connectivity index (χ1n) is 8.71. The molecule has 28 heavy (non-hydrogen) atoms. The molecule has 3 rings (SSSR count). The van der Waals surface area contributed by atoms with Crippen LogP contribution in [0, 0.1) is 28.4 Å². The second-order valence-electron chi connectivity index (χ2n) is 6.23. The Kier molecular flexibility index (Phi) is 5.83. The normalized spacial score (nSPS) is 10.9. The topological polar surface area (TPSA) is 76.2 Å². The molecule has 0 radical (unpaired) electrons. The van der Waals surface area contributed by atoms with Crippen LogP contribution < -0.4 is 4.74 Å². The predicted octanol–water partition coefficient (Wildman–Crippen LogP) is 5.55. The van der Waals surface area contributed by atoms with Crippen molar-refractivity contribution in [1.29, 1.82) is 5.26 Å². The molecule has 0 aromatic heterocycles. The van der Waals surface area contributed by atoms with Crippen LogP contribution in [0.3, 0.4) is 0 Å². The van der Waals surface area contributed by atoms with Crippen LogP contribution in [-0.4, -0.2) is 4.92 Å². The summed E-state index contributed by atoms with van der Waals surface area (Å²) in [5.74, 6) is 0.667. The monoisotopic (exact) mass is 370 g/mol. The largest absolute Gasteiger partial charge is 0.488 e. The van der Waals surface area contributed by atoms with Crippen molar-refractivity contribution in [2.75, 3.05) is 0 Å². The molecule has 0 amide bonds. The van der Waals surface area contributed by atoms with Crippen LogP contribution in [0.5, 0.6) is 5.75 Å². The molecule has 0 aliphatic rings. The van der Waals surface area contributed by atoms with E-state index in [2.05, 4.69) is 6.07 Å². The van der Waals surface area contributed by atoms with E-state index in [1.807, 2.05) is 55.5 Å². The van der Waals surface area contributed by atoms with Gasteiger partial charge >= 0.3 is 0 Å². The Hall–Kier alpha value is -3.91. The second kappa shape index (κ2) is 8.65. The number of non-ortho nitro benzene ring substituents is 1. The number of aryl methyl sites for hydroxylation is 1. The summed E-state index contributed by atoms with van der Waals surface area (Å²) in [4.78, 5) is 10.3. The van der Waals surface area contributed by atoms with E-state index >= 15 is 0 Å². The van der Waals surface area contributed by atoms with Crippen LogP contribution in [0.1, 0.15) is 22.3 Å². The van der Waals surface area contributed by atoms with Gasteiger partial charge in [-0.1, -0.05) is 42.5 Å². The lowest BCUT2D eigenvalue weighted by atomic mass is 10.0. The van der Waals surface area contributed by atoms with Crippen molar-refractivity contribution in [1.82, 2.24) is 0 Å². The molecule has 0 saturated carbocycles. The zero-order chi connectivity index (χ0) is 19.9. The third-order valence-corrected chi connectivity index (χ3v) is 4.37. The Morgan fingerprint density at radius 1 is 1.07 bits per heavy atom. The molecular weight excluding hydrogens is 352 g/mol. The average molecular weight is 370 g/mol. The Morgan fingerprint density at radius 3 is 2.43 bits per heavy atom. The van der Waals surface area contributed by atoms with Gasteiger partial charge in [-0.15, -0.1) is 0 Å². The second-order valence-corrected chi connectivity index (χ2v) is 6.23. The van der Waals surface area contributed by atoms with Crippen LogP contribution in [0.25, 0.3) is 11.6 Å². The molecule has 138 valence electrons. The lowest BCUT2D eigenvalue weighted by Crippen LogP contribution is -1.99. The molecule has 0 heterocycles. The summed E-state index contributed by atoms with van der Waals surface area (Å²) in [5, 5.41) is 20.4. The van der Waals surface area contributed by atoms with E-state index in [4.69, 9.17) is 4.74 Å². The summed E-state index contributed by atoms with van der Waals surface area (Å²) in [6, 6.07) is 23.6. The average Bonchev–Trinajstić information content (AvgIpc) is 2.72. The first kappa shape index (κ1) is 18.9. The minimum atomic E-state index is -0.464. The third-order valence-electron chi connectivity index (χ3n) is 4.37. The number of nitro groups is 1. The molecule has 0 spiro atoms. The quantitative estimate of drug-likeness (QED) is 0.247. The number of nitrogens with zero attached hydrogens (tertiary/aromatic N) is 2. The number of ether oxygens (including phenoxy) is 1. The first-order chi connectivity index (χ1) is 13.6. The fourth-order valence-corrected chi connectivity index (χ4v) is 2.76. The van der Waals surface area contributed by atoms with Crippen LogP contribution in [0.2, 0.25) is 0 Å². The van der Waals surface area contributed by atoms with Gasteiger partial charge < -0.3 is 4.74 Å². The highest BCUT2D eigenvalue weighted by Crippen LogP contribution is 2.26. The molecular formula is C23H18N2O3. The fourth-order valence-electron chi connectivity index (χ4n) is 2.76. The van der Waals surface area contributed by atoms with E-state index in [9.17, 15) is 15.4 Å². The molecule has 3 aromatic rings. The minimum absolute atomic E-state index is 0.0111.